The summed E-state index contributed by atoms with van der Waals surface area (Å²) in [6.45, 7) is 2.30. The average Bonchev–Trinajstić information content (AvgIpc) is 2.06. The van der Waals surface area contributed by atoms with E-state index in [0.717, 1.165) is 3.57 Å². The van der Waals surface area contributed by atoms with Gasteiger partial charge in [0.2, 0.25) is 0 Å². The molecule has 13 heavy (non-hydrogen) atoms. The summed E-state index contributed by atoms with van der Waals surface area (Å²) in [7, 11) is 0. The van der Waals surface area contributed by atoms with Gasteiger partial charge in [-0.1, -0.05) is 0 Å². The first-order valence-electron chi connectivity index (χ1n) is 4.13. The molecule has 0 aliphatic rings. The van der Waals surface area contributed by atoms with Crippen LogP contribution in [-0.4, -0.2) is 15.8 Å². The number of rotatable bonds is 3. The van der Waals surface area contributed by atoms with E-state index < -0.39 is 0 Å². The molecular weight excluding hydrogens is 281 g/mol. The highest BCUT2D eigenvalue weighted by Crippen LogP contribution is 2.01. The van der Waals surface area contributed by atoms with Crippen LogP contribution in [0.5, 0.6) is 0 Å². The maximum Gasteiger partial charge on any atom is 0.250 e. The number of hydrogen-bond acceptors (Lipinski definition) is 2. The minimum Gasteiger partial charge on any atom is -0.393 e. The molecule has 1 unspecified atom stereocenters. The third kappa shape index (κ3) is 3.48. The van der Waals surface area contributed by atoms with Crippen LogP contribution in [0.25, 0.3) is 0 Å². The Balaban J connectivity index is 2.76. The fourth-order valence-corrected chi connectivity index (χ4v) is 1.52. The summed E-state index contributed by atoms with van der Waals surface area (Å²) < 4.78 is 2.65. The summed E-state index contributed by atoms with van der Waals surface area (Å²) in [5.74, 6) is 0. The molecule has 0 saturated heterocycles. The van der Waals surface area contributed by atoms with Crippen molar-refractivity contribution >= 4 is 22.6 Å². The van der Waals surface area contributed by atoms with E-state index in [2.05, 4.69) is 22.6 Å². The fourth-order valence-electron chi connectivity index (χ4n) is 1.00. The van der Waals surface area contributed by atoms with Gasteiger partial charge in [0.1, 0.15) is 0 Å². The predicted octanol–water partition coefficient (Wildman–Crippen LogP) is 1.22. The molecular formula is C9H12INO2. The summed E-state index contributed by atoms with van der Waals surface area (Å²) in [6.07, 6.45) is 2.05. The second-order valence-electron chi connectivity index (χ2n) is 3.02. The van der Waals surface area contributed by atoms with Crippen molar-refractivity contribution in [2.75, 3.05) is 0 Å². The lowest BCUT2D eigenvalue weighted by molar-refractivity contribution is 0.177. The zero-order chi connectivity index (χ0) is 9.84. The molecule has 0 fully saturated rings. The molecule has 1 rings (SSSR count). The van der Waals surface area contributed by atoms with E-state index in [4.69, 9.17) is 5.11 Å². The van der Waals surface area contributed by atoms with Crippen LogP contribution in [0.1, 0.15) is 13.3 Å². The molecule has 0 aromatic carbocycles. The Bertz CT molecular complexity index is 333. The van der Waals surface area contributed by atoms with Gasteiger partial charge in [-0.2, -0.15) is 0 Å². The molecule has 1 aromatic rings. The zero-order valence-electron chi connectivity index (χ0n) is 7.40. The molecule has 1 aromatic heterocycles. The summed E-state index contributed by atoms with van der Waals surface area (Å²) in [5, 5.41) is 9.06. The molecule has 0 spiro atoms. The van der Waals surface area contributed by atoms with Crippen molar-refractivity contribution in [1.29, 1.82) is 0 Å². The Hall–Kier alpha value is -0.360. The third-order valence-electron chi connectivity index (χ3n) is 1.74. The molecule has 4 heteroatoms. The highest BCUT2D eigenvalue weighted by molar-refractivity contribution is 14.1. The van der Waals surface area contributed by atoms with Gasteiger partial charge in [0.05, 0.1) is 6.10 Å². The van der Waals surface area contributed by atoms with Gasteiger partial charge in [0.15, 0.2) is 0 Å². The minimum atomic E-state index is -0.357. The van der Waals surface area contributed by atoms with Crippen LogP contribution in [0, 0.1) is 3.57 Å². The number of pyridine rings is 1. The average molecular weight is 293 g/mol. The highest BCUT2D eigenvalue weighted by atomic mass is 127. The van der Waals surface area contributed by atoms with E-state index >= 15 is 0 Å². The van der Waals surface area contributed by atoms with Crippen molar-refractivity contribution in [2.45, 2.75) is 26.0 Å². The lowest BCUT2D eigenvalue weighted by Gasteiger charge is -2.07. The minimum absolute atomic E-state index is 0.0129. The van der Waals surface area contributed by atoms with Gasteiger partial charge in [0.25, 0.3) is 5.56 Å². The Labute approximate surface area is 90.5 Å². The number of halogens is 1. The second-order valence-corrected chi connectivity index (χ2v) is 4.26. The van der Waals surface area contributed by atoms with Crippen molar-refractivity contribution in [3.05, 3.63) is 32.3 Å². The van der Waals surface area contributed by atoms with E-state index in [0.29, 0.717) is 13.0 Å². The molecule has 3 nitrogen and oxygen atoms in total. The number of nitrogens with zero attached hydrogens (tertiary/aromatic N) is 1. The Kier molecular flexibility index (Phi) is 3.92. The predicted molar refractivity (Wildman–Crippen MR) is 59.7 cm³/mol. The molecule has 1 heterocycles. The van der Waals surface area contributed by atoms with Crippen LogP contribution in [0.3, 0.4) is 0 Å². The van der Waals surface area contributed by atoms with E-state index in [1.54, 1.807) is 29.8 Å². The SMILES string of the molecule is CC(O)CCn1cc(I)ccc1=O. The van der Waals surface area contributed by atoms with Crippen molar-refractivity contribution < 1.29 is 5.11 Å². The van der Waals surface area contributed by atoms with Crippen LogP contribution >= 0.6 is 22.6 Å². The van der Waals surface area contributed by atoms with E-state index in [9.17, 15) is 4.79 Å². The van der Waals surface area contributed by atoms with Crippen molar-refractivity contribution in [3.63, 3.8) is 0 Å². The molecule has 0 bridgehead atoms. The Morgan fingerprint density at radius 3 is 2.92 bits per heavy atom. The first kappa shape index (κ1) is 10.7. The normalized spacial score (nSPS) is 12.8. The van der Waals surface area contributed by atoms with E-state index in [1.165, 1.54) is 0 Å². The second kappa shape index (κ2) is 4.76. The topological polar surface area (TPSA) is 42.2 Å². The summed E-state index contributed by atoms with van der Waals surface area (Å²) in [4.78, 5) is 11.3. The number of aliphatic hydroxyl groups is 1. The maximum absolute atomic E-state index is 11.3. The smallest absolute Gasteiger partial charge is 0.250 e. The number of hydrogen-bond donors (Lipinski definition) is 1. The van der Waals surface area contributed by atoms with Gasteiger partial charge in [0, 0.05) is 22.4 Å². The van der Waals surface area contributed by atoms with Crippen LogP contribution in [0.4, 0.5) is 0 Å². The third-order valence-corrected chi connectivity index (χ3v) is 2.37. The zero-order valence-corrected chi connectivity index (χ0v) is 9.56. The monoisotopic (exact) mass is 293 g/mol. The first-order valence-corrected chi connectivity index (χ1v) is 5.21. The Morgan fingerprint density at radius 1 is 1.62 bits per heavy atom. The van der Waals surface area contributed by atoms with Crippen molar-refractivity contribution in [3.8, 4) is 0 Å². The summed E-state index contributed by atoms with van der Waals surface area (Å²) >= 11 is 2.16. The van der Waals surface area contributed by atoms with Gasteiger partial charge in [-0.15, -0.1) is 0 Å². The molecule has 0 aliphatic carbocycles. The number of aliphatic hydroxyl groups excluding tert-OH is 1. The Morgan fingerprint density at radius 2 is 2.31 bits per heavy atom. The van der Waals surface area contributed by atoms with Crippen LogP contribution in [0.2, 0.25) is 0 Å². The first-order chi connectivity index (χ1) is 6.09. The molecule has 0 saturated carbocycles. The molecule has 72 valence electrons. The van der Waals surface area contributed by atoms with Crippen LogP contribution in [0.15, 0.2) is 23.1 Å². The van der Waals surface area contributed by atoms with Gasteiger partial charge < -0.3 is 9.67 Å². The highest BCUT2D eigenvalue weighted by Gasteiger charge is 1.99. The lowest BCUT2D eigenvalue weighted by atomic mass is 10.3. The summed E-state index contributed by atoms with van der Waals surface area (Å²) in [6, 6.07) is 3.32. The molecule has 1 atom stereocenters. The van der Waals surface area contributed by atoms with Crippen LogP contribution in [-0.2, 0) is 6.54 Å². The molecule has 0 aliphatic heterocycles. The quantitative estimate of drug-likeness (QED) is 0.852. The lowest BCUT2D eigenvalue weighted by Crippen LogP contribution is -2.20. The molecule has 0 radical (unpaired) electrons. The molecule has 1 N–H and O–H groups in total. The number of aromatic nitrogens is 1. The standard InChI is InChI=1S/C9H12INO2/c1-7(12)4-5-11-6-8(10)2-3-9(11)13/h2-3,6-7,12H,4-5H2,1H3. The van der Waals surface area contributed by atoms with Crippen molar-refractivity contribution in [1.82, 2.24) is 4.57 Å². The van der Waals surface area contributed by atoms with E-state index in [-0.39, 0.29) is 11.7 Å². The van der Waals surface area contributed by atoms with E-state index in [1.807, 2.05) is 0 Å². The summed E-state index contributed by atoms with van der Waals surface area (Å²) in [5.41, 5.74) is -0.0129. The molecule has 0 amide bonds. The van der Waals surface area contributed by atoms with Crippen LogP contribution < -0.4 is 5.56 Å². The maximum atomic E-state index is 11.3. The van der Waals surface area contributed by atoms with Gasteiger partial charge in [-0.3, -0.25) is 4.79 Å². The number of aryl methyl sites for hydroxylation is 1. The van der Waals surface area contributed by atoms with Gasteiger partial charge in [-0.25, -0.2) is 0 Å². The van der Waals surface area contributed by atoms with Crippen molar-refractivity contribution in [2.24, 2.45) is 0 Å². The largest absolute Gasteiger partial charge is 0.393 e. The van der Waals surface area contributed by atoms with Gasteiger partial charge >= 0.3 is 0 Å². The van der Waals surface area contributed by atoms with Gasteiger partial charge in [-0.05, 0) is 42.0 Å². The fraction of sp³-hybridized carbons (Fsp3) is 0.444.